The van der Waals surface area contributed by atoms with Crippen LogP contribution in [0.25, 0.3) is 0 Å². The highest BCUT2D eigenvalue weighted by molar-refractivity contribution is 9.08. The van der Waals surface area contributed by atoms with Gasteiger partial charge in [0.05, 0.1) is 0 Å². The van der Waals surface area contributed by atoms with Gasteiger partial charge in [0, 0.05) is 15.9 Å². The van der Waals surface area contributed by atoms with E-state index in [0.29, 0.717) is 16.1 Å². The van der Waals surface area contributed by atoms with Crippen LogP contribution in [0.3, 0.4) is 0 Å². The lowest BCUT2D eigenvalue weighted by Gasteiger charge is -2.07. The van der Waals surface area contributed by atoms with E-state index in [4.69, 9.17) is 21.6 Å². The van der Waals surface area contributed by atoms with Crippen molar-refractivity contribution < 1.29 is 4.74 Å². The van der Waals surface area contributed by atoms with E-state index in [-0.39, 0.29) is 6.61 Å². The molecule has 0 aliphatic carbocycles. The zero-order valence-electron chi connectivity index (χ0n) is 6.76. The normalized spacial score (nSPS) is 9.31. The molecule has 0 fully saturated rings. The maximum atomic E-state index is 8.34. The Kier molecular flexibility index (Phi) is 4.07. The van der Waals surface area contributed by atoms with Crippen LogP contribution in [-0.4, -0.2) is 6.61 Å². The summed E-state index contributed by atoms with van der Waals surface area (Å²) in [5, 5.41) is 9.60. The third-order valence-electron chi connectivity index (χ3n) is 1.50. The van der Waals surface area contributed by atoms with Crippen molar-refractivity contribution in [3.8, 4) is 11.8 Å². The summed E-state index contributed by atoms with van der Waals surface area (Å²) in [4.78, 5) is 0. The first-order valence-corrected chi connectivity index (χ1v) is 5.12. The highest BCUT2D eigenvalue weighted by atomic mass is 79.9. The molecule has 1 aromatic rings. The van der Waals surface area contributed by atoms with Gasteiger partial charge in [-0.05, 0) is 12.1 Å². The Labute approximate surface area is 90.2 Å². The molecule has 0 aliphatic heterocycles. The molecule has 0 atom stereocenters. The van der Waals surface area contributed by atoms with Crippen molar-refractivity contribution in [3.63, 3.8) is 0 Å². The Bertz CT molecular complexity index is 335. The van der Waals surface area contributed by atoms with E-state index < -0.39 is 0 Å². The van der Waals surface area contributed by atoms with Crippen molar-refractivity contribution >= 4 is 27.5 Å². The molecule has 1 aromatic carbocycles. The summed E-state index contributed by atoms with van der Waals surface area (Å²) in [6.45, 7) is 0.0420. The van der Waals surface area contributed by atoms with Crippen LogP contribution in [0.4, 0.5) is 0 Å². The average Bonchev–Trinajstić information content (AvgIpc) is 2.15. The summed E-state index contributed by atoms with van der Waals surface area (Å²) in [7, 11) is 0. The number of nitriles is 1. The zero-order chi connectivity index (χ0) is 9.68. The summed E-state index contributed by atoms with van der Waals surface area (Å²) >= 11 is 9.22. The van der Waals surface area contributed by atoms with Gasteiger partial charge in [0.15, 0.2) is 6.61 Å². The van der Waals surface area contributed by atoms with Gasteiger partial charge in [0.25, 0.3) is 0 Å². The van der Waals surface area contributed by atoms with E-state index in [2.05, 4.69) is 15.9 Å². The van der Waals surface area contributed by atoms with E-state index >= 15 is 0 Å². The second-order valence-corrected chi connectivity index (χ2v) is 3.26. The number of hydrogen-bond acceptors (Lipinski definition) is 2. The molecule has 0 aliphatic rings. The van der Waals surface area contributed by atoms with Crippen molar-refractivity contribution in [2.75, 3.05) is 6.61 Å². The first kappa shape index (κ1) is 10.4. The van der Waals surface area contributed by atoms with Crippen molar-refractivity contribution in [1.82, 2.24) is 0 Å². The smallest absolute Gasteiger partial charge is 0.174 e. The van der Waals surface area contributed by atoms with Gasteiger partial charge in [-0.2, -0.15) is 5.26 Å². The molecule has 0 spiro atoms. The Morgan fingerprint density at radius 3 is 2.92 bits per heavy atom. The number of ether oxygens (including phenoxy) is 1. The number of benzene rings is 1. The minimum absolute atomic E-state index is 0.0420. The lowest BCUT2D eigenvalue weighted by atomic mass is 10.2. The molecule has 0 unspecified atom stereocenters. The van der Waals surface area contributed by atoms with Crippen LogP contribution in [0.15, 0.2) is 18.2 Å². The minimum atomic E-state index is 0.0420. The van der Waals surface area contributed by atoms with Crippen molar-refractivity contribution in [2.45, 2.75) is 5.33 Å². The van der Waals surface area contributed by atoms with Crippen LogP contribution < -0.4 is 4.74 Å². The number of hydrogen-bond donors (Lipinski definition) is 0. The van der Waals surface area contributed by atoms with Gasteiger partial charge in [-0.3, -0.25) is 0 Å². The molecule has 0 heterocycles. The summed E-state index contributed by atoms with van der Waals surface area (Å²) in [6.07, 6.45) is 0. The predicted molar refractivity (Wildman–Crippen MR) is 55.2 cm³/mol. The minimum Gasteiger partial charge on any atom is -0.478 e. The average molecular weight is 261 g/mol. The van der Waals surface area contributed by atoms with E-state index in [1.54, 1.807) is 18.2 Å². The molecule has 0 saturated heterocycles. The fourth-order valence-electron chi connectivity index (χ4n) is 0.914. The monoisotopic (exact) mass is 259 g/mol. The molecule has 2 nitrogen and oxygen atoms in total. The van der Waals surface area contributed by atoms with Gasteiger partial charge < -0.3 is 4.74 Å². The predicted octanol–water partition coefficient (Wildman–Crippen LogP) is 3.14. The number of halogens is 2. The second-order valence-electron chi connectivity index (χ2n) is 2.30. The fraction of sp³-hybridized carbons (Fsp3) is 0.222. The molecule has 0 saturated carbocycles. The Morgan fingerprint density at radius 1 is 1.54 bits per heavy atom. The number of alkyl halides is 1. The molecule has 0 amide bonds. The summed E-state index contributed by atoms with van der Waals surface area (Å²) in [5.74, 6) is 0.658. The first-order chi connectivity index (χ1) is 6.29. The van der Waals surface area contributed by atoms with Crippen LogP contribution in [-0.2, 0) is 5.33 Å². The molecule has 0 radical (unpaired) electrons. The van der Waals surface area contributed by atoms with Gasteiger partial charge in [0.2, 0.25) is 0 Å². The van der Waals surface area contributed by atoms with Crippen molar-refractivity contribution in [1.29, 1.82) is 5.26 Å². The number of nitrogens with zero attached hydrogens (tertiary/aromatic N) is 1. The molecular formula is C9H7BrClNO. The zero-order valence-corrected chi connectivity index (χ0v) is 9.10. The molecule has 0 bridgehead atoms. The Balaban J connectivity index is 2.93. The summed E-state index contributed by atoms with van der Waals surface area (Å²) in [5.41, 5.74) is 0.874. The van der Waals surface area contributed by atoms with Crippen LogP contribution in [0.5, 0.6) is 5.75 Å². The summed E-state index contributed by atoms with van der Waals surface area (Å²) in [6, 6.07) is 7.28. The van der Waals surface area contributed by atoms with Gasteiger partial charge in [0.1, 0.15) is 11.8 Å². The van der Waals surface area contributed by atoms with E-state index in [1.165, 1.54) is 0 Å². The van der Waals surface area contributed by atoms with Crippen LogP contribution in [0, 0.1) is 11.3 Å². The lowest BCUT2D eigenvalue weighted by Crippen LogP contribution is -1.96. The number of rotatable bonds is 3. The topological polar surface area (TPSA) is 33.0 Å². The van der Waals surface area contributed by atoms with Crippen LogP contribution >= 0.6 is 27.5 Å². The van der Waals surface area contributed by atoms with E-state index in [9.17, 15) is 0 Å². The Morgan fingerprint density at radius 2 is 2.31 bits per heavy atom. The SMILES string of the molecule is N#CCOc1cccc(Cl)c1CBr. The maximum Gasteiger partial charge on any atom is 0.174 e. The van der Waals surface area contributed by atoms with E-state index in [1.807, 2.05) is 6.07 Å². The van der Waals surface area contributed by atoms with Crippen molar-refractivity contribution in [2.24, 2.45) is 0 Å². The molecule has 0 aromatic heterocycles. The quantitative estimate of drug-likeness (QED) is 0.782. The highest BCUT2D eigenvalue weighted by Gasteiger charge is 2.05. The van der Waals surface area contributed by atoms with Crippen LogP contribution in [0.2, 0.25) is 5.02 Å². The van der Waals surface area contributed by atoms with E-state index in [0.717, 1.165) is 5.56 Å². The second kappa shape index (κ2) is 5.11. The maximum absolute atomic E-state index is 8.34. The molecule has 0 N–H and O–H groups in total. The highest BCUT2D eigenvalue weighted by Crippen LogP contribution is 2.28. The largest absolute Gasteiger partial charge is 0.478 e. The molecule has 4 heteroatoms. The van der Waals surface area contributed by atoms with Crippen molar-refractivity contribution in [3.05, 3.63) is 28.8 Å². The van der Waals surface area contributed by atoms with Gasteiger partial charge in [-0.25, -0.2) is 0 Å². The Hall–Kier alpha value is -0.720. The fourth-order valence-corrected chi connectivity index (χ4v) is 1.89. The third kappa shape index (κ3) is 2.61. The van der Waals surface area contributed by atoms with Gasteiger partial charge in [-0.1, -0.05) is 33.6 Å². The van der Waals surface area contributed by atoms with Gasteiger partial charge in [-0.15, -0.1) is 0 Å². The lowest BCUT2D eigenvalue weighted by molar-refractivity contribution is 0.365. The molecule has 1 rings (SSSR count). The third-order valence-corrected chi connectivity index (χ3v) is 2.42. The molecular weight excluding hydrogens is 253 g/mol. The van der Waals surface area contributed by atoms with Crippen LogP contribution in [0.1, 0.15) is 5.56 Å². The first-order valence-electron chi connectivity index (χ1n) is 3.62. The summed E-state index contributed by atoms with van der Waals surface area (Å²) < 4.78 is 5.18. The van der Waals surface area contributed by atoms with Gasteiger partial charge >= 0.3 is 0 Å². The molecule has 68 valence electrons. The standard InChI is InChI=1S/C9H7BrClNO/c10-6-7-8(11)2-1-3-9(7)13-5-4-12/h1-3H,5-6H2. The molecule has 13 heavy (non-hydrogen) atoms.